The quantitative estimate of drug-likeness (QED) is 0.678. The molecule has 66 valence electrons. The van der Waals surface area contributed by atoms with Crippen molar-refractivity contribution in [1.82, 2.24) is 0 Å². The Morgan fingerprint density at radius 3 is 1.83 bits per heavy atom. The average molecular weight is 274 g/mol. The lowest BCUT2D eigenvalue weighted by atomic mass is 9.99. The summed E-state index contributed by atoms with van der Waals surface area (Å²) in [7, 11) is 0. The topological polar surface area (TPSA) is 0 Å². The largest absolute Gasteiger partial charge is 0.0587 e. The van der Waals surface area contributed by atoms with Gasteiger partial charge in [-0.3, -0.25) is 0 Å². The van der Waals surface area contributed by atoms with Gasteiger partial charge in [-0.1, -0.05) is 26.0 Å². The van der Waals surface area contributed by atoms with Crippen LogP contribution in [0.5, 0.6) is 0 Å². The first-order valence-corrected chi connectivity index (χ1v) is 5.37. The number of aryl methyl sites for hydroxylation is 2. The van der Waals surface area contributed by atoms with Gasteiger partial charge in [-0.2, -0.15) is 0 Å². The molecule has 0 nitrogen and oxygen atoms in total. The molecule has 12 heavy (non-hydrogen) atoms. The van der Waals surface area contributed by atoms with Gasteiger partial charge in [0.2, 0.25) is 0 Å². The lowest BCUT2D eigenvalue weighted by molar-refractivity contribution is 0.862. The normalized spacial score (nSPS) is 10.8. The predicted octanol–water partition coefficient (Wildman–Crippen LogP) is 4.03. The van der Waals surface area contributed by atoms with Crippen LogP contribution < -0.4 is 0 Å². The summed E-state index contributed by atoms with van der Waals surface area (Å²) in [5.41, 5.74) is 4.25. The molecule has 1 heteroatoms. The maximum Gasteiger partial charge on any atom is 0.0188 e. The van der Waals surface area contributed by atoms with E-state index in [1.165, 1.54) is 20.3 Å². The monoisotopic (exact) mass is 274 g/mol. The zero-order valence-corrected chi connectivity index (χ0v) is 10.3. The smallest absolute Gasteiger partial charge is 0.0188 e. The van der Waals surface area contributed by atoms with Gasteiger partial charge in [0.25, 0.3) is 0 Å². The molecule has 0 fully saturated rings. The van der Waals surface area contributed by atoms with Crippen molar-refractivity contribution in [2.45, 2.75) is 33.6 Å². The van der Waals surface area contributed by atoms with Crippen LogP contribution in [-0.2, 0) is 0 Å². The van der Waals surface area contributed by atoms with E-state index in [-0.39, 0.29) is 0 Å². The van der Waals surface area contributed by atoms with Crippen molar-refractivity contribution in [3.63, 3.8) is 0 Å². The molecule has 0 heterocycles. The summed E-state index contributed by atoms with van der Waals surface area (Å²) in [6, 6.07) is 4.58. The Morgan fingerprint density at radius 2 is 1.50 bits per heavy atom. The van der Waals surface area contributed by atoms with Gasteiger partial charge in [-0.15, -0.1) is 0 Å². The zero-order valence-electron chi connectivity index (χ0n) is 8.11. The molecule has 0 bridgehead atoms. The van der Waals surface area contributed by atoms with Gasteiger partial charge >= 0.3 is 0 Å². The predicted molar refractivity (Wildman–Crippen MR) is 62.7 cm³/mol. The molecule has 0 aliphatic carbocycles. The van der Waals surface area contributed by atoms with Gasteiger partial charge in [-0.25, -0.2) is 0 Å². The van der Waals surface area contributed by atoms with Crippen molar-refractivity contribution in [2.75, 3.05) is 0 Å². The molecule has 0 saturated heterocycles. The van der Waals surface area contributed by atoms with Crippen molar-refractivity contribution in [3.8, 4) is 0 Å². The lowest BCUT2D eigenvalue weighted by Gasteiger charge is -2.10. The SMILES string of the molecule is Cc1cc(C(C)C)cc(C)c1I. The van der Waals surface area contributed by atoms with E-state index in [9.17, 15) is 0 Å². The fourth-order valence-corrected chi connectivity index (χ4v) is 1.62. The number of halogens is 1. The molecule has 0 aliphatic rings. The second kappa shape index (κ2) is 3.77. The Hall–Kier alpha value is -0.0500. The third-order valence-corrected chi connectivity index (χ3v) is 3.83. The highest BCUT2D eigenvalue weighted by atomic mass is 127. The summed E-state index contributed by atoms with van der Waals surface area (Å²) < 4.78 is 1.40. The first-order chi connectivity index (χ1) is 5.52. The van der Waals surface area contributed by atoms with Crippen LogP contribution in [0.2, 0.25) is 0 Å². The summed E-state index contributed by atoms with van der Waals surface area (Å²) >= 11 is 2.41. The second-order valence-corrected chi connectivity index (χ2v) is 4.70. The maximum absolute atomic E-state index is 2.41. The van der Waals surface area contributed by atoms with E-state index < -0.39 is 0 Å². The molecule has 0 aliphatic heterocycles. The Bertz CT molecular complexity index is 264. The van der Waals surface area contributed by atoms with E-state index in [4.69, 9.17) is 0 Å². The highest BCUT2D eigenvalue weighted by molar-refractivity contribution is 14.1. The van der Waals surface area contributed by atoms with E-state index in [0.717, 1.165) is 0 Å². The van der Waals surface area contributed by atoms with Crippen molar-refractivity contribution in [3.05, 3.63) is 32.4 Å². The number of hydrogen-bond donors (Lipinski definition) is 0. The fraction of sp³-hybridized carbons (Fsp3) is 0.455. The minimum Gasteiger partial charge on any atom is -0.0587 e. The van der Waals surface area contributed by atoms with Crippen LogP contribution in [0.15, 0.2) is 12.1 Å². The summed E-state index contributed by atoms with van der Waals surface area (Å²) in [6.07, 6.45) is 0. The molecule has 0 atom stereocenters. The van der Waals surface area contributed by atoms with Crippen LogP contribution in [0, 0.1) is 17.4 Å². The van der Waals surface area contributed by atoms with Gasteiger partial charge in [0.1, 0.15) is 0 Å². The molecule has 0 amide bonds. The van der Waals surface area contributed by atoms with E-state index in [0.29, 0.717) is 5.92 Å². The average Bonchev–Trinajstić information content (AvgIpc) is 1.99. The molecule has 0 N–H and O–H groups in total. The molecule has 0 saturated carbocycles. The Labute approximate surface area is 88.5 Å². The fourth-order valence-electron chi connectivity index (χ4n) is 1.31. The minimum absolute atomic E-state index is 0.638. The minimum atomic E-state index is 0.638. The van der Waals surface area contributed by atoms with Crippen LogP contribution in [0.3, 0.4) is 0 Å². The molecule has 1 rings (SSSR count). The summed E-state index contributed by atoms with van der Waals surface area (Å²) in [4.78, 5) is 0. The van der Waals surface area contributed by atoms with Crippen molar-refractivity contribution in [2.24, 2.45) is 0 Å². The first kappa shape index (κ1) is 10.0. The Balaban J connectivity index is 3.21. The molecule has 0 aromatic heterocycles. The van der Waals surface area contributed by atoms with Gasteiger partial charge in [0.15, 0.2) is 0 Å². The van der Waals surface area contributed by atoms with E-state index in [1.807, 2.05) is 0 Å². The third-order valence-electron chi connectivity index (χ3n) is 2.13. The van der Waals surface area contributed by atoms with Crippen molar-refractivity contribution < 1.29 is 0 Å². The Kier molecular flexibility index (Phi) is 3.16. The molecule has 1 aromatic carbocycles. The third kappa shape index (κ3) is 2.00. The van der Waals surface area contributed by atoms with E-state index >= 15 is 0 Å². The molecule has 1 aromatic rings. The van der Waals surface area contributed by atoms with Gasteiger partial charge < -0.3 is 0 Å². The second-order valence-electron chi connectivity index (χ2n) is 3.62. The van der Waals surface area contributed by atoms with Gasteiger partial charge in [0, 0.05) is 3.57 Å². The van der Waals surface area contributed by atoms with Gasteiger partial charge in [0.05, 0.1) is 0 Å². The summed E-state index contributed by atoms with van der Waals surface area (Å²) in [5, 5.41) is 0. The Morgan fingerprint density at radius 1 is 1.08 bits per heavy atom. The first-order valence-electron chi connectivity index (χ1n) is 4.29. The molecule has 0 spiro atoms. The highest BCUT2D eigenvalue weighted by Crippen LogP contribution is 2.23. The number of hydrogen-bond acceptors (Lipinski definition) is 0. The molecule has 0 unspecified atom stereocenters. The molecular weight excluding hydrogens is 259 g/mol. The standard InChI is InChI=1S/C11H15I/c1-7(2)10-5-8(3)11(12)9(4)6-10/h5-7H,1-4H3. The number of rotatable bonds is 1. The van der Waals surface area contributed by atoms with Crippen LogP contribution in [-0.4, -0.2) is 0 Å². The van der Waals surface area contributed by atoms with Gasteiger partial charge in [-0.05, 0) is 59.0 Å². The zero-order chi connectivity index (χ0) is 9.30. The highest BCUT2D eigenvalue weighted by Gasteiger charge is 2.04. The summed E-state index contributed by atoms with van der Waals surface area (Å²) in [5.74, 6) is 0.638. The van der Waals surface area contributed by atoms with Crippen LogP contribution in [0.4, 0.5) is 0 Å². The molecular formula is C11H15I. The lowest BCUT2D eigenvalue weighted by Crippen LogP contribution is -1.93. The van der Waals surface area contributed by atoms with Crippen molar-refractivity contribution >= 4 is 22.6 Å². The van der Waals surface area contributed by atoms with E-state index in [1.54, 1.807) is 0 Å². The van der Waals surface area contributed by atoms with Crippen molar-refractivity contribution in [1.29, 1.82) is 0 Å². The number of benzene rings is 1. The van der Waals surface area contributed by atoms with Crippen LogP contribution in [0.25, 0.3) is 0 Å². The summed E-state index contributed by atoms with van der Waals surface area (Å²) in [6.45, 7) is 8.84. The van der Waals surface area contributed by atoms with E-state index in [2.05, 4.69) is 62.4 Å². The van der Waals surface area contributed by atoms with Crippen LogP contribution >= 0.6 is 22.6 Å². The van der Waals surface area contributed by atoms with Crippen LogP contribution in [0.1, 0.15) is 36.5 Å². The maximum atomic E-state index is 2.41. The molecule has 0 radical (unpaired) electrons.